The maximum Gasteiger partial charge on any atom is 0.305 e. The highest BCUT2D eigenvalue weighted by molar-refractivity contribution is 5.98. The molecule has 0 saturated heterocycles. The van der Waals surface area contributed by atoms with Gasteiger partial charge in [-0.05, 0) is 31.2 Å². The molecule has 2 aromatic carbocycles. The Hall–Kier alpha value is -3.72. The third-order valence-corrected chi connectivity index (χ3v) is 4.67. The van der Waals surface area contributed by atoms with Crippen LogP contribution in [0.25, 0.3) is 22.4 Å². The molecule has 0 atom stereocenters. The van der Waals surface area contributed by atoms with E-state index in [0.717, 1.165) is 23.3 Å². The lowest BCUT2D eigenvalue weighted by molar-refractivity contribution is -0.136. The van der Waals surface area contributed by atoms with E-state index in [1.165, 1.54) is 0 Å². The largest absolute Gasteiger partial charge is 0.481 e. The fourth-order valence-electron chi connectivity index (χ4n) is 3.15. The molecule has 0 bridgehead atoms. The highest BCUT2D eigenvalue weighted by atomic mass is 16.4. The number of hydrogen-bond donors (Lipinski definition) is 5. The van der Waals surface area contributed by atoms with Gasteiger partial charge in [-0.15, -0.1) is 0 Å². The molecule has 0 aliphatic heterocycles. The molecule has 0 aliphatic carbocycles. The Kier molecular flexibility index (Phi) is 6.43. The van der Waals surface area contributed by atoms with Gasteiger partial charge in [-0.25, -0.2) is 4.98 Å². The van der Waals surface area contributed by atoms with Crippen molar-refractivity contribution in [1.29, 1.82) is 5.41 Å². The van der Waals surface area contributed by atoms with Crippen molar-refractivity contribution in [3.63, 3.8) is 0 Å². The second-order valence-electron chi connectivity index (χ2n) is 6.82. The first-order chi connectivity index (χ1) is 14.4. The lowest BCUT2D eigenvalue weighted by atomic mass is 10.1. The van der Waals surface area contributed by atoms with Gasteiger partial charge in [-0.2, -0.15) is 0 Å². The molecule has 30 heavy (non-hydrogen) atoms. The summed E-state index contributed by atoms with van der Waals surface area (Å²) in [5.74, 6) is -0.583. The van der Waals surface area contributed by atoms with Gasteiger partial charge >= 0.3 is 5.97 Å². The molecular formula is C21H24N6O3. The molecule has 0 saturated carbocycles. The summed E-state index contributed by atoms with van der Waals surface area (Å²) in [5, 5.41) is 18.8. The zero-order valence-electron chi connectivity index (χ0n) is 16.4. The molecule has 3 rings (SSSR count). The molecule has 0 unspecified atom stereocenters. The van der Waals surface area contributed by atoms with Crippen molar-refractivity contribution < 1.29 is 14.7 Å². The van der Waals surface area contributed by atoms with Crippen molar-refractivity contribution in [3.8, 4) is 11.4 Å². The number of rotatable bonds is 9. The summed E-state index contributed by atoms with van der Waals surface area (Å²) in [4.78, 5) is 27.7. The van der Waals surface area contributed by atoms with E-state index in [0.29, 0.717) is 29.7 Å². The van der Waals surface area contributed by atoms with Crippen LogP contribution in [0.3, 0.4) is 0 Å². The minimum Gasteiger partial charge on any atom is -0.481 e. The number of nitrogens with two attached hydrogens (primary N) is 2. The van der Waals surface area contributed by atoms with Gasteiger partial charge < -0.3 is 26.5 Å². The third-order valence-electron chi connectivity index (χ3n) is 4.67. The van der Waals surface area contributed by atoms with E-state index < -0.39 is 5.97 Å². The number of nitrogen functional groups attached to an aromatic ring is 1. The molecule has 1 heterocycles. The Morgan fingerprint density at radius 3 is 2.47 bits per heavy atom. The fourth-order valence-corrected chi connectivity index (χ4v) is 3.15. The lowest BCUT2D eigenvalue weighted by Gasteiger charge is -2.09. The van der Waals surface area contributed by atoms with E-state index in [1.54, 1.807) is 24.3 Å². The van der Waals surface area contributed by atoms with Crippen molar-refractivity contribution in [2.75, 3.05) is 13.1 Å². The molecule has 3 aromatic rings. The summed E-state index contributed by atoms with van der Waals surface area (Å²) in [7, 11) is 0. The lowest BCUT2D eigenvalue weighted by Crippen LogP contribution is -2.25. The van der Waals surface area contributed by atoms with Crippen LogP contribution in [0.15, 0.2) is 42.5 Å². The number of aliphatic carboxylic acids is 1. The van der Waals surface area contributed by atoms with Crippen molar-refractivity contribution in [2.45, 2.75) is 19.4 Å². The first kappa shape index (κ1) is 21.0. The van der Waals surface area contributed by atoms with E-state index in [2.05, 4.69) is 9.88 Å². The fraction of sp³-hybridized carbons (Fsp3) is 0.238. The molecule has 7 N–H and O–H groups in total. The van der Waals surface area contributed by atoms with Crippen LogP contribution in [0.5, 0.6) is 0 Å². The summed E-state index contributed by atoms with van der Waals surface area (Å²) < 4.78 is 2.05. The number of carbonyl (C=O) groups excluding carboxylic acids is 1. The van der Waals surface area contributed by atoms with Crippen molar-refractivity contribution >= 4 is 28.7 Å². The number of imidazole rings is 1. The number of hydrogen-bond acceptors (Lipinski definition) is 5. The maximum atomic E-state index is 12.3. The first-order valence-electron chi connectivity index (χ1n) is 9.56. The molecule has 0 radical (unpaired) electrons. The summed E-state index contributed by atoms with van der Waals surface area (Å²) in [6.07, 6.45) is 0.628. The summed E-state index contributed by atoms with van der Waals surface area (Å²) in [5.41, 5.74) is 14.7. The van der Waals surface area contributed by atoms with Gasteiger partial charge in [0, 0.05) is 29.8 Å². The molecule has 0 aliphatic rings. The number of fused-ring (bicyclic) bond motifs is 1. The standard InChI is InChI=1S/C21H24N6O3/c22-9-1-11-27-17-7-6-15(21(30)25-10-8-18(28)29)12-16(17)26-20(27)14-4-2-13(3-5-14)19(23)24/h2-7,12H,1,8-11,22H2,(H3,23,24)(H,25,30)(H,28,29). The second kappa shape index (κ2) is 9.19. The molecule has 0 fully saturated rings. The van der Waals surface area contributed by atoms with Crippen molar-refractivity contribution in [3.05, 3.63) is 53.6 Å². The number of nitrogens with zero attached hydrogens (tertiary/aromatic N) is 2. The average molecular weight is 408 g/mol. The molecule has 156 valence electrons. The topological polar surface area (TPSA) is 160 Å². The number of nitrogens with one attached hydrogen (secondary N) is 2. The summed E-state index contributed by atoms with van der Waals surface area (Å²) >= 11 is 0. The van der Waals surface area contributed by atoms with E-state index >= 15 is 0 Å². The molecule has 9 nitrogen and oxygen atoms in total. The van der Waals surface area contributed by atoms with Gasteiger partial charge in [0.15, 0.2) is 0 Å². The number of amides is 1. The third kappa shape index (κ3) is 4.64. The molecular weight excluding hydrogens is 384 g/mol. The van der Waals surface area contributed by atoms with Gasteiger partial charge in [-0.1, -0.05) is 24.3 Å². The van der Waals surface area contributed by atoms with E-state index in [-0.39, 0.29) is 24.7 Å². The van der Waals surface area contributed by atoms with Crippen molar-refractivity contribution in [1.82, 2.24) is 14.9 Å². The predicted octanol–water partition coefficient (Wildman–Crippen LogP) is 1.54. The van der Waals surface area contributed by atoms with Crippen LogP contribution in [0.2, 0.25) is 0 Å². The molecule has 0 spiro atoms. The zero-order chi connectivity index (χ0) is 21.7. The number of carboxylic acids is 1. The average Bonchev–Trinajstić information content (AvgIpc) is 3.09. The zero-order valence-corrected chi connectivity index (χ0v) is 16.4. The Labute approximate surface area is 173 Å². The highest BCUT2D eigenvalue weighted by Crippen LogP contribution is 2.26. The summed E-state index contributed by atoms with van der Waals surface area (Å²) in [6, 6.07) is 12.5. The van der Waals surface area contributed by atoms with E-state index in [9.17, 15) is 9.59 Å². The minimum absolute atomic E-state index is 0.00302. The van der Waals surface area contributed by atoms with Gasteiger partial charge in [0.05, 0.1) is 17.5 Å². The van der Waals surface area contributed by atoms with Crippen LogP contribution >= 0.6 is 0 Å². The Bertz CT molecular complexity index is 1090. The van der Waals surface area contributed by atoms with Crippen molar-refractivity contribution in [2.24, 2.45) is 11.5 Å². The van der Waals surface area contributed by atoms with E-state index in [1.807, 2.05) is 18.2 Å². The van der Waals surface area contributed by atoms with Crippen LogP contribution < -0.4 is 16.8 Å². The molecule has 9 heteroatoms. The first-order valence-corrected chi connectivity index (χ1v) is 9.56. The van der Waals surface area contributed by atoms with Gasteiger partial charge in [0.25, 0.3) is 5.91 Å². The van der Waals surface area contributed by atoms with Crippen LogP contribution in [-0.4, -0.2) is 45.5 Å². The number of aromatic nitrogens is 2. The number of carboxylic acid groups (broad SMARTS) is 1. The van der Waals surface area contributed by atoms with Crippen LogP contribution in [0, 0.1) is 5.41 Å². The van der Waals surface area contributed by atoms with Crippen LogP contribution in [-0.2, 0) is 11.3 Å². The summed E-state index contributed by atoms with van der Waals surface area (Å²) in [6.45, 7) is 1.26. The van der Waals surface area contributed by atoms with Gasteiger partial charge in [0.1, 0.15) is 11.7 Å². The van der Waals surface area contributed by atoms with Gasteiger partial charge in [-0.3, -0.25) is 15.0 Å². The number of amidine groups is 1. The van der Waals surface area contributed by atoms with Crippen LogP contribution in [0.4, 0.5) is 0 Å². The quantitative estimate of drug-likeness (QED) is 0.267. The maximum absolute atomic E-state index is 12.3. The number of carbonyl (C=O) groups is 2. The Morgan fingerprint density at radius 1 is 1.13 bits per heavy atom. The molecule has 1 aromatic heterocycles. The Morgan fingerprint density at radius 2 is 1.83 bits per heavy atom. The SMILES string of the molecule is N=C(N)c1ccc(-c2nc3cc(C(=O)NCCC(=O)O)ccc3n2CCCN)cc1. The second-order valence-corrected chi connectivity index (χ2v) is 6.82. The smallest absolute Gasteiger partial charge is 0.305 e. The predicted molar refractivity (Wildman–Crippen MR) is 114 cm³/mol. The Balaban J connectivity index is 1.96. The number of aryl methyl sites for hydroxylation is 1. The normalized spacial score (nSPS) is 10.8. The van der Waals surface area contributed by atoms with Crippen LogP contribution in [0.1, 0.15) is 28.8 Å². The minimum atomic E-state index is -0.968. The monoisotopic (exact) mass is 408 g/mol. The highest BCUT2D eigenvalue weighted by Gasteiger charge is 2.15. The molecule has 1 amide bonds. The van der Waals surface area contributed by atoms with E-state index in [4.69, 9.17) is 27.0 Å². The van der Waals surface area contributed by atoms with Gasteiger partial charge in [0.2, 0.25) is 0 Å². The number of benzene rings is 2.